The van der Waals surface area contributed by atoms with Crippen LogP contribution in [0.3, 0.4) is 0 Å². The molecule has 0 fully saturated rings. The number of aryl methyl sites for hydroxylation is 1. The Kier molecular flexibility index (Phi) is 5.00. The second-order valence-corrected chi connectivity index (χ2v) is 5.99. The van der Waals surface area contributed by atoms with Gasteiger partial charge >= 0.3 is 0 Å². The summed E-state index contributed by atoms with van der Waals surface area (Å²) in [5, 5.41) is 3.55. The van der Waals surface area contributed by atoms with Gasteiger partial charge in [0, 0.05) is 22.3 Å². The summed E-state index contributed by atoms with van der Waals surface area (Å²) in [7, 11) is 0. The van der Waals surface area contributed by atoms with Crippen LogP contribution >= 0.6 is 11.3 Å². The topological polar surface area (TPSA) is 21.3 Å². The number of rotatable bonds is 6. The van der Waals surface area contributed by atoms with E-state index < -0.39 is 0 Å². The molecule has 0 aliphatic rings. The number of ether oxygens (including phenoxy) is 1. The SMILES string of the molecule is CCOc1ccc(C(C)NCc2ccc(C)s2)cc1. The molecule has 0 aliphatic heterocycles. The quantitative estimate of drug-likeness (QED) is 0.848. The van der Waals surface area contributed by atoms with Gasteiger partial charge in [-0.1, -0.05) is 12.1 Å². The molecule has 0 radical (unpaired) electrons. The van der Waals surface area contributed by atoms with Gasteiger partial charge in [0.05, 0.1) is 6.61 Å². The van der Waals surface area contributed by atoms with Gasteiger partial charge in [-0.3, -0.25) is 0 Å². The summed E-state index contributed by atoms with van der Waals surface area (Å²) in [6.45, 7) is 7.97. The van der Waals surface area contributed by atoms with Crippen LogP contribution in [-0.4, -0.2) is 6.61 Å². The molecule has 1 N–H and O–H groups in total. The highest BCUT2D eigenvalue weighted by molar-refractivity contribution is 7.11. The van der Waals surface area contributed by atoms with Crippen molar-refractivity contribution in [2.24, 2.45) is 0 Å². The number of thiophene rings is 1. The molecule has 2 nitrogen and oxygen atoms in total. The van der Waals surface area contributed by atoms with Crippen LogP contribution in [0.2, 0.25) is 0 Å². The van der Waals surface area contributed by atoms with Gasteiger partial charge in [0.25, 0.3) is 0 Å². The first-order valence-corrected chi connectivity index (χ1v) is 7.52. The second kappa shape index (κ2) is 6.73. The fourth-order valence-corrected chi connectivity index (χ4v) is 2.81. The molecule has 1 aromatic heterocycles. The van der Waals surface area contributed by atoms with E-state index in [1.165, 1.54) is 15.3 Å². The van der Waals surface area contributed by atoms with Gasteiger partial charge in [-0.25, -0.2) is 0 Å². The van der Waals surface area contributed by atoms with Gasteiger partial charge in [-0.15, -0.1) is 11.3 Å². The van der Waals surface area contributed by atoms with E-state index in [-0.39, 0.29) is 0 Å². The highest BCUT2D eigenvalue weighted by Crippen LogP contribution is 2.19. The molecule has 1 heterocycles. The first kappa shape index (κ1) is 14.1. The van der Waals surface area contributed by atoms with E-state index in [0.717, 1.165) is 12.3 Å². The molecule has 2 rings (SSSR count). The summed E-state index contributed by atoms with van der Waals surface area (Å²) in [4.78, 5) is 2.75. The van der Waals surface area contributed by atoms with E-state index in [2.05, 4.69) is 43.4 Å². The summed E-state index contributed by atoms with van der Waals surface area (Å²) < 4.78 is 5.45. The molecule has 19 heavy (non-hydrogen) atoms. The molecular formula is C16H21NOS. The van der Waals surface area contributed by atoms with E-state index in [4.69, 9.17) is 4.74 Å². The van der Waals surface area contributed by atoms with Gasteiger partial charge in [-0.2, -0.15) is 0 Å². The van der Waals surface area contributed by atoms with Gasteiger partial charge < -0.3 is 10.1 Å². The maximum Gasteiger partial charge on any atom is 0.119 e. The van der Waals surface area contributed by atoms with Gasteiger partial charge in [0.2, 0.25) is 0 Å². The van der Waals surface area contributed by atoms with E-state index in [0.29, 0.717) is 12.6 Å². The maximum atomic E-state index is 5.45. The molecule has 1 unspecified atom stereocenters. The van der Waals surface area contributed by atoms with Crippen molar-refractivity contribution in [3.8, 4) is 5.75 Å². The Morgan fingerprint density at radius 2 is 1.89 bits per heavy atom. The summed E-state index contributed by atoms with van der Waals surface area (Å²) in [6, 6.07) is 13.0. The number of hydrogen-bond donors (Lipinski definition) is 1. The van der Waals surface area contributed by atoms with Crippen molar-refractivity contribution in [2.75, 3.05) is 6.61 Å². The zero-order valence-corrected chi connectivity index (χ0v) is 12.6. The molecule has 3 heteroatoms. The molecule has 0 spiro atoms. The fraction of sp³-hybridized carbons (Fsp3) is 0.375. The van der Waals surface area contributed by atoms with Crippen molar-refractivity contribution in [3.05, 3.63) is 51.7 Å². The van der Waals surface area contributed by atoms with Crippen LogP contribution in [0, 0.1) is 6.92 Å². The molecule has 2 aromatic rings. The van der Waals surface area contributed by atoms with Crippen molar-refractivity contribution >= 4 is 11.3 Å². The van der Waals surface area contributed by atoms with Crippen LogP contribution in [0.15, 0.2) is 36.4 Å². The van der Waals surface area contributed by atoms with Gasteiger partial charge in [0.15, 0.2) is 0 Å². The van der Waals surface area contributed by atoms with Crippen molar-refractivity contribution in [1.29, 1.82) is 0 Å². The summed E-state index contributed by atoms with van der Waals surface area (Å²) in [5.74, 6) is 0.937. The fourth-order valence-electron chi connectivity index (χ4n) is 1.97. The lowest BCUT2D eigenvalue weighted by atomic mass is 10.1. The zero-order valence-electron chi connectivity index (χ0n) is 11.8. The molecule has 0 aliphatic carbocycles. The standard InChI is InChI=1S/C16H21NOS/c1-4-18-15-8-6-14(7-9-15)13(3)17-11-16-10-5-12(2)19-16/h5-10,13,17H,4,11H2,1-3H3. The average Bonchev–Trinajstić information content (AvgIpc) is 2.83. The summed E-state index contributed by atoms with van der Waals surface area (Å²) in [6.07, 6.45) is 0. The van der Waals surface area contributed by atoms with Crippen LogP contribution in [0.4, 0.5) is 0 Å². The van der Waals surface area contributed by atoms with E-state index in [1.807, 2.05) is 30.4 Å². The van der Waals surface area contributed by atoms with Gasteiger partial charge in [0.1, 0.15) is 5.75 Å². The predicted octanol–water partition coefficient (Wildman–Crippen LogP) is 4.31. The Labute approximate surface area is 119 Å². The Morgan fingerprint density at radius 1 is 1.16 bits per heavy atom. The minimum absolute atomic E-state index is 0.345. The zero-order chi connectivity index (χ0) is 13.7. The number of benzene rings is 1. The average molecular weight is 275 g/mol. The smallest absolute Gasteiger partial charge is 0.119 e. The first-order chi connectivity index (χ1) is 9.19. The lowest BCUT2D eigenvalue weighted by Crippen LogP contribution is -2.17. The Bertz CT molecular complexity index is 504. The van der Waals surface area contributed by atoms with Crippen LogP contribution in [0.1, 0.15) is 35.2 Å². The van der Waals surface area contributed by atoms with E-state index in [9.17, 15) is 0 Å². The lowest BCUT2D eigenvalue weighted by Gasteiger charge is -2.14. The third kappa shape index (κ3) is 4.08. The lowest BCUT2D eigenvalue weighted by molar-refractivity contribution is 0.340. The van der Waals surface area contributed by atoms with Crippen LogP contribution < -0.4 is 10.1 Å². The minimum atomic E-state index is 0.345. The van der Waals surface area contributed by atoms with Crippen molar-refractivity contribution in [1.82, 2.24) is 5.32 Å². The third-order valence-electron chi connectivity index (χ3n) is 3.07. The van der Waals surface area contributed by atoms with E-state index >= 15 is 0 Å². The highest BCUT2D eigenvalue weighted by Gasteiger charge is 2.05. The van der Waals surface area contributed by atoms with Crippen molar-refractivity contribution in [2.45, 2.75) is 33.4 Å². The Morgan fingerprint density at radius 3 is 2.47 bits per heavy atom. The van der Waals surface area contributed by atoms with Crippen LogP contribution in [-0.2, 0) is 6.54 Å². The summed E-state index contributed by atoms with van der Waals surface area (Å²) in [5.41, 5.74) is 1.29. The molecule has 0 bridgehead atoms. The van der Waals surface area contributed by atoms with Crippen molar-refractivity contribution < 1.29 is 4.74 Å². The second-order valence-electron chi connectivity index (χ2n) is 4.62. The Hall–Kier alpha value is -1.32. The molecule has 0 saturated carbocycles. The molecule has 1 atom stereocenters. The molecule has 102 valence electrons. The first-order valence-electron chi connectivity index (χ1n) is 6.70. The summed E-state index contributed by atoms with van der Waals surface area (Å²) >= 11 is 1.85. The highest BCUT2D eigenvalue weighted by atomic mass is 32.1. The molecule has 1 aromatic carbocycles. The monoisotopic (exact) mass is 275 g/mol. The predicted molar refractivity (Wildman–Crippen MR) is 81.9 cm³/mol. The minimum Gasteiger partial charge on any atom is -0.494 e. The molecule has 0 amide bonds. The van der Waals surface area contributed by atoms with Crippen LogP contribution in [0.25, 0.3) is 0 Å². The Balaban J connectivity index is 1.90. The van der Waals surface area contributed by atoms with Crippen LogP contribution in [0.5, 0.6) is 5.75 Å². The van der Waals surface area contributed by atoms with E-state index in [1.54, 1.807) is 0 Å². The normalized spacial score (nSPS) is 12.4. The molecule has 0 saturated heterocycles. The third-order valence-corrected chi connectivity index (χ3v) is 4.07. The maximum absolute atomic E-state index is 5.45. The number of hydrogen-bond acceptors (Lipinski definition) is 3. The largest absolute Gasteiger partial charge is 0.494 e. The molecular weight excluding hydrogens is 254 g/mol. The van der Waals surface area contributed by atoms with Crippen molar-refractivity contribution in [3.63, 3.8) is 0 Å². The number of nitrogens with one attached hydrogen (secondary N) is 1. The van der Waals surface area contributed by atoms with Gasteiger partial charge in [-0.05, 0) is 50.6 Å².